The Morgan fingerprint density at radius 2 is 2.07 bits per heavy atom. The normalized spacial score (nSPS) is 15.5. The van der Waals surface area contributed by atoms with Crippen LogP contribution in [0.1, 0.15) is 13.3 Å². The topological polar surface area (TPSA) is 67.9 Å². The molecule has 0 bridgehead atoms. The van der Waals surface area contributed by atoms with Gasteiger partial charge in [-0.1, -0.05) is 25.1 Å². The van der Waals surface area contributed by atoms with E-state index in [1.54, 1.807) is 30.3 Å². The van der Waals surface area contributed by atoms with Gasteiger partial charge >= 0.3 is 0 Å². The van der Waals surface area contributed by atoms with Gasteiger partial charge in [0.1, 0.15) is 17.3 Å². The summed E-state index contributed by atoms with van der Waals surface area (Å²) in [7, 11) is 0. The second-order valence-electron chi connectivity index (χ2n) is 6.12. The number of para-hydroxylation sites is 2. The number of nitrogens with one attached hydrogen (secondary N) is 1. The Morgan fingerprint density at radius 3 is 2.85 bits per heavy atom. The maximum Gasteiger partial charge on any atom is 0.265 e. The third-order valence-corrected chi connectivity index (χ3v) is 4.07. The van der Waals surface area contributed by atoms with E-state index >= 15 is 0 Å². The van der Waals surface area contributed by atoms with Gasteiger partial charge in [0, 0.05) is 12.6 Å². The van der Waals surface area contributed by atoms with Crippen molar-refractivity contribution >= 4 is 17.5 Å². The number of amides is 2. The van der Waals surface area contributed by atoms with Crippen LogP contribution in [0.5, 0.6) is 11.5 Å². The second-order valence-corrected chi connectivity index (χ2v) is 6.12. The number of halogens is 1. The van der Waals surface area contributed by atoms with Gasteiger partial charge in [-0.15, -0.1) is 0 Å². The van der Waals surface area contributed by atoms with E-state index in [9.17, 15) is 14.0 Å². The summed E-state index contributed by atoms with van der Waals surface area (Å²) in [5, 5.41) is 2.78. The molecular formula is C20H21FN2O4. The third kappa shape index (κ3) is 4.55. The van der Waals surface area contributed by atoms with Gasteiger partial charge in [0.25, 0.3) is 11.8 Å². The van der Waals surface area contributed by atoms with Crippen molar-refractivity contribution in [2.75, 3.05) is 24.6 Å². The minimum Gasteiger partial charge on any atom is -0.484 e. The molecule has 1 heterocycles. The maximum atomic E-state index is 13.2. The Balaban J connectivity index is 1.73. The Labute approximate surface area is 156 Å². The molecule has 3 rings (SSSR count). The zero-order chi connectivity index (χ0) is 19.2. The molecule has 1 aliphatic rings. The molecule has 2 amide bonds. The van der Waals surface area contributed by atoms with Crippen molar-refractivity contribution in [2.24, 2.45) is 0 Å². The lowest BCUT2D eigenvalue weighted by molar-refractivity contribution is -0.128. The van der Waals surface area contributed by atoms with E-state index in [1.807, 2.05) is 6.92 Å². The van der Waals surface area contributed by atoms with Gasteiger partial charge in [0.15, 0.2) is 12.7 Å². The summed E-state index contributed by atoms with van der Waals surface area (Å²) < 4.78 is 24.4. The van der Waals surface area contributed by atoms with Crippen LogP contribution < -0.4 is 19.7 Å². The average Bonchev–Trinajstić information content (AvgIpc) is 2.69. The first-order valence-electron chi connectivity index (χ1n) is 8.80. The molecule has 2 aromatic carbocycles. The first kappa shape index (κ1) is 18.7. The predicted octanol–water partition coefficient (Wildman–Crippen LogP) is 2.52. The molecule has 7 heteroatoms. The summed E-state index contributed by atoms with van der Waals surface area (Å²) in [6, 6.07) is 12.6. The fourth-order valence-corrected chi connectivity index (χ4v) is 2.75. The third-order valence-electron chi connectivity index (χ3n) is 4.07. The number of rotatable bonds is 6. The van der Waals surface area contributed by atoms with Crippen LogP contribution in [-0.4, -0.2) is 37.6 Å². The molecule has 0 saturated carbocycles. The molecule has 0 spiro atoms. The lowest BCUT2D eigenvalue weighted by Gasteiger charge is -2.34. The maximum absolute atomic E-state index is 13.2. The van der Waals surface area contributed by atoms with Crippen molar-refractivity contribution < 1.29 is 23.5 Å². The highest BCUT2D eigenvalue weighted by Gasteiger charge is 2.33. The van der Waals surface area contributed by atoms with Crippen LogP contribution >= 0.6 is 0 Å². The van der Waals surface area contributed by atoms with Crippen LogP contribution in [-0.2, 0) is 9.59 Å². The summed E-state index contributed by atoms with van der Waals surface area (Å²) in [5.41, 5.74) is 0.574. The number of benzene rings is 2. The molecule has 6 nitrogen and oxygen atoms in total. The number of hydrogen-bond donors (Lipinski definition) is 1. The molecule has 1 atom stereocenters. The molecule has 0 unspecified atom stereocenters. The lowest BCUT2D eigenvalue weighted by atomic mass is 10.1. The fourth-order valence-electron chi connectivity index (χ4n) is 2.75. The zero-order valence-electron chi connectivity index (χ0n) is 15.0. The van der Waals surface area contributed by atoms with Gasteiger partial charge in [0.2, 0.25) is 0 Å². The molecule has 0 fully saturated rings. The number of anilines is 1. The number of fused-ring (bicyclic) bond motifs is 1. The van der Waals surface area contributed by atoms with Crippen LogP contribution in [0.2, 0.25) is 0 Å². The summed E-state index contributed by atoms with van der Waals surface area (Å²) in [6.45, 7) is 2.30. The Hall–Kier alpha value is -3.09. The average molecular weight is 372 g/mol. The van der Waals surface area contributed by atoms with E-state index in [1.165, 1.54) is 23.1 Å². The van der Waals surface area contributed by atoms with Crippen LogP contribution in [0.15, 0.2) is 48.5 Å². The first-order chi connectivity index (χ1) is 13.1. The molecule has 0 radical (unpaired) electrons. The molecule has 0 aliphatic carbocycles. The van der Waals surface area contributed by atoms with E-state index in [4.69, 9.17) is 9.47 Å². The van der Waals surface area contributed by atoms with Crippen LogP contribution in [0.25, 0.3) is 0 Å². The molecule has 27 heavy (non-hydrogen) atoms. The van der Waals surface area contributed by atoms with Gasteiger partial charge in [-0.05, 0) is 30.7 Å². The molecule has 0 aromatic heterocycles. The van der Waals surface area contributed by atoms with Gasteiger partial charge in [-0.3, -0.25) is 9.59 Å². The number of carbonyl (C=O) groups excluding carboxylic acids is 2. The molecule has 1 aliphatic heterocycles. The van der Waals surface area contributed by atoms with Crippen molar-refractivity contribution in [3.8, 4) is 11.5 Å². The Bertz CT molecular complexity index is 827. The van der Waals surface area contributed by atoms with E-state index in [0.717, 1.165) is 6.42 Å². The fraction of sp³-hybridized carbons (Fsp3) is 0.300. The minimum absolute atomic E-state index is 0.0813. The predicted molar refractivity (Wildman–Crippen MR) is 98.4 cm³/mol. The highest BCUT2D eigenvalue weighted by Crippen LogP contribution is 2.33. The number of ether oxygens (including phenoxy) is 2. The summed E-state index contributed by atoms with van der Waals surface area (Å²) in [6.07, 6.45) is 0.00340. The quantitative estimate of drug-likeness (QED) is 0.846. The molecule has 142 valence electrons. The Kier molecular flexibility index (Phi) is 5.90. The summed E-state index contributed by atoms with van der Waals surface area (Å²) in [4.78, 5) is 26.5. The highest BCUT2D eigenvalue weighted by molar-refractivity contribution is 5.98. The summed E-state index contributed by atoms with van der Waals surface area (Å²) >= 11 is 0. The van der Waals surface area contributed by atoms with E-state index in [2.05, 4.69) is 5.32 Å². The smallest absolute Gasteiger partial charge is 0.265 e. The number of carbonyl (C=O) groups is 2. The van der Waals surface area contributed by atoms with Crippen molar-refractivity contribution in [3.05, 3.63) is 54.3 Å². The van der Waals surface area contributed by atoms with E-state index in [-0.39, 0.29) is 30.7 Å². The SMILES string of the molecule is CCCNC(=O)[C@@H]1CN(C(=O)COc2cccc(F)c2)c2ccccc2O1. The van der Waals surface area contributed by atoms with Gasteiger partial charge in [-0.2, -0.15) is 0 Å². The van der Waals surface area contributed by atoms with Gasteiger partial charge in [-0.25, -0.2) is 4.39 Å². The van der Waals surface area contributed by atoms with E-state index < -0.39 is 11.9 Å². The molecule has 2 aromatic rings. The molecular weight excluding hydrogens is 351 g/mol. The summed E-state index contributed by atoms with van der Waals surface area (Å²) in [5.74, 6) is -0.329. The Morgan fingerprint density at radius 1 is 1.26 bits per heavy atom. The molecule has 1 N–H and O–H groups in total. The first-order valence-corrected chi connectivity index (χ1v) is 8.80. The van der Waals surface area contributed by atoms with Gasteiger partial charge < -0.3 is 19.7 Å². The van der Waals surface area contributed by atoms with Crippen LogP contribution in [0, 0.1) is 5.82 Å². The van der Waals surface area contributed by atoms with Crippen LogP contribution in [0.4, 0.5) is 10.1 Å². The monoisotopic (exact) mass is 372 g/mol. The number of hydrogen-bond acceptors (Lipinski definition) is 4. The highest BCUT2D eigenvalue weighted by atomic mass is 19.1. The lowest BCUT2D eigenvalue weighted by Crippen LogP contribution is -2.51. The van der Waals surface area contributed by atoms with Crippen LogP contribution in [0.3, 0.4) is 0 Å². The minimum atomic E-state index is -0.801. The van der Waals surface area contributed by atoms with Crippen molar-refractivity contribution in [2.45, 2.75) is 19.4 Å². The van der Waals surface area contributed by atoms with Crippen molar-refractivity contribution in [1.82, 2.24) is 5.32 Å². The standard InChI is InChI=1S/C20H21FN2O4/c1-2-10-22-20(25)18-12-23(16-8-3-4-9-17(16)27-18)19(24)13-26-15-7-5-6-14(21)11-15/h3-9,11,18H,2,10,12-13H2,1H3,(H,22,25)/t18-/m0/s1. The van der Waals surface area contributed by atoms with E-state index in [0.29, 0.717) is 18.0 Å². The molecule has 0 saturated heterocycles. The van der Waals surface area contributed by atoms with Crippen molar-refractivity contribution in [3.63, 3.8) is 0 Å². The van der Waals surface area contributed by atoms with Gasteiger partial charge in [0.05, 0.1) is 12.2 Å². The number of nitrogens with zero attached hydrogens (tertiary/aromatic N) is 1. The van der Waals surface area contributed by atoms with Crippen molar-refractivity contribution in [1.29, 1.82) is 0 Å². The second kappa shape index (κ2) is 8.53. The zero-order valence-corrected chi connectivity index (χ0v) is 15.0. The largest absolute Gasteiger partial charge is 0.484 e.